The Morgan fingerprint density at radius 1 is 1.50 bits per heavy atom. The molecule has 1 rings (SSSR count). The molecule has 7 heteroatoms. The summed E-state index contributed by atoms with van der Waals surface area (Å²) in [6.45, 7) is 0. The van der Waals surface area contributed by atoms with Gasteiger partial charge in [0.05, 0.1) is 6.20 Å². The summed E-state index contributed by atoms with van der Waals surface area (Å²) in [5, 5.41) is 11.8. The lowest BCUT2D eigenvalue weighted by Crippen LogP contribution is -2.11. The van der Waals surface area contributed by atoms with E-state index in [4.69, 9.17) is 9.52 Å². The van der Waals surface area contributed by atoms with Crippen LogP contribution in [0.5, 0.6) is 0 Å². The Morgan fingerprint density at radius 2 is 2.25 bits per heavy atom. The molecule has 0 atom stereocenters. The minimum absolute atomic E-state index is 0.0822. The minimum Gasteiger partial charge on any atom is -0.475 e. The first kappa shape index (κ1) is 12.7. The van der Waals surface area contributed by atoms with E-state index in [1.54, 1.807) is 0 Å². The molecule has 0 aliphatic carbocycles. The predicted octanol–water partition coefficient (Wildman–Crippen LogP) is 1.88. The lowest BCUT2D eigenvalue weighted by atomic mass is 10.2. The van der Waals surface area contributed by atoms with E-state index in [2.05, 4.69) is 26.2 Å². The molecule has 16 heavy (non-hydrogen) atoms. The van der Waals surface area contributed by atoms with Crippen LogP contribution in [0.1, 0.15) is 29.8 Å². The van der Waals surface area contributed by atoms with Gasteiger partial charge in [0, 0.05) is 11.8 Å². The summed E-state index contributed by atoms with van der Waals surface area (Å²) in [6, 6.07) is -0.0822. The van der Waals surface area contributed by atoms with Crippen molar-refractivity contribution in [3.05, 3.63) is 12.0 Å². The van der Waals surface area contributed by atoms with E-state index in [0.717, 1.165) is 24.4 Å². The molecule has 1 heterocycles. The van der Waals surface area contributed by atoms with Gasteiger partial charge < -0.3 is 9.52 Å². The van der Waals surface area contributed by atoms with E-state index in [1.165, 1.54) is 0 Å². The number of aromatic nitrogens is 1. The highest BCUT2D eigenvalue weighted by Crippen LogP contribution is 2.09. The number of carbonyl (C=O) groups excluding carboxylic acids is 1. The summed E-state index contributed by atoms with van der Waals surface area (Å²) in [4.78, 5) is 25.4. The van der Waals surface area contributed by atoms with Crippen LogP contribution in [0.3, 0.4) is 0 Å². The number of carboxylic acid groups (broad SMARTS) is 1. The Morgan fingerprint density at radius 3 is 2.81 bits per heavy atom. The zero-order valence-electron chi connectivity index (χ0n) is 8.40. The normalized spacial score (nSPS) is 10.1. The summed E-state index contributed by atoms with van der Waals surface area (Å²) in [6.07, 6.45) is 3.07. The molecule has 0 saturated carbocycles. The summed E-state index contributed by atoms with van der Waals surface area (Å²) in [5.74, 6) is -1.75. The number of carbonyl (C=O) groups is 2. The standard InChI is InChI=1S/C9H11BrN2O4/c10-4-2-1-3-7(13)12-9-11-5-6(16-9)8(14)15/h5H,1-4H2,(H,14,15)(H,11,12,13). The second-order valence-corrected chi connectivity index (χ2v) is 3.82. The average molecular weight is 291 g/mol. The SMILES string of the molecule is O=C(CCCCBr)Nc1ncc(C(=O)O)o1. The van der Waals surface area contributed by atoms with Crippen LogP contribution >= 0.6 is 15.9 Å². The number of nitrogens with zero attached hydrogens (tertiary/aromatic N) is 1. The molecule has 0 spiro atoms. The van der Waals surface area contributed by atoms with Gasteiger partial charge in [0.2, 0.25) is 11.7 Å². The molecule has 1 amide bonds. The summed E-state index contributed by atoms with van der Waals surface area (Å²) >= 11 is 3.26. The quantitative estimate of drug-likeness (QED) is 0.616. The molecule has 2 N–H and O–H groups in total. The van der Waals surface area contributed by atoms with Crippen LogP contribution in [0.2, 0.25) is 0 Å². The van der Waals surface area contributed by atoms with E-state index in [1.807, 2.05) is 0 Å². The van der Waals surface area contributed by atoms with Crippen LogP contribution in [0.4, 0.5) is 6.01 Å². The topological polar surface area (TPSA) is 92.4 Å². The van der Waals surface area contributed by atoms with Crippen molar-refractivity contribution in [2.24, 2.45) is 0 Å². The first-order chi connectivity index (χ1) is 7.63. The smallest absolute Gasteiger partial charge is 0.373 e. The molecule has 0 aliphatic heterocycles. The van der Waals surface area contributed by atoms with Crippen molar-refractivity contribution >= 4 is 33.8 Å². The van der Waals surface area contributed by atoms with Crippen molar-refractivity contribution in [2.75, 3.05) is 10.6 Å². The number of halogens is 1. The van der Waals surface area contributed by atoms with Crippen LogP contribution in [0.25, 0.3) is 0 Å². The van der Waals surface area contributed by atoms with Gasteiger partial charge in [-0.25, -0.2) is 9.78 Å². The van der Waals surface area contributed by atoms with Crippen LogP contribution in [-0.2, 0) is 4.79 Å². The van der Waals surface area contributed by atoms with Gasteiger partial charge in [-0.2, -0.15) is 0 Å². The number of nitrogens with one attached hydrogen (secondary N) is 1. The molecule has 1 aromatic heterocycles. The Balaban J connectivity index is 2.40. The Labute approximate surface area is 100 Å². The third-order valence-electron chi connectivity index (χ3n) is 1.75. The fraction of sp³-hybridized carbons (Fsp3) is 0.444. The molecule has 0 bridgehead atoms. The molecule has 88 valence electrons. The van der Waals surface area contributed by atoms with Crippen molar-refractivity contribution in [2.45, 2.75) is 19.3 Å². The number of rotatable bonds is 6. The van der Waals surface area contributed by atoms with Gasteiger partial charge in [-0.1, -0.05) is 15.9 Å². The number of unbranched alkanes of at least 4 members (excludes halogenated alkanes) is 1. The molecule has 6 nitrogen and oxygen atoms in total. The largest absolute Gasteiger partial charge is 0.475 e. The van der Waals surface area contributed by atoms with Gasteiger partial charge in [0.25, 0.3) is 0 Å². The third-order valence-corrected chi connectivity index (χ3v) is 2.31. The number of aromatic carboxylic acids is 1. The fourth-order valence-corrected chi connectivity index (χ4v) is 1.39. The Bertz CT molecular complexity index is 377. The molecule has 0 unspecified atom stereocenters. The molecule has 0 radical (unpaired) electrons. The van der Waals surface area contributed by atoms with Gasteiger partial charge in [-0.15, -0.1) is 0 Å². The lowest BCUT2D eigenvalue weighted by Gasteiger charge is -1.99. The first-order valence-electron chi connectivity index (χ1n) is 4.68. The van der Waals surface area contributed by atoms with Crippen molar-refractivity contribution in [3.8, 4) is 0 Å². The van der Waals surface area contributed by atoms with Gasteiger partial charge in [-0.3, -0.25) is 10.1 Å². The van der Waals surface area contributed by atoms with Crippen LogP contribution in [-0.4, -0.2) is 27.3 Å². The number of oxazole rings is 1. The van der Waals surface area contributed by atoms with E-state index < -0.39 is 5.97 Å². The van der Waals surface area contributed by atoms with Crippen molar-refractivity contribution < 1.29 is 19.1 Å². The van der Waals surface area contributed by atoms with Crippen molar-refractivity contribution in [1.29, 1.82) is 0 Å². The number of amides is 1. The highest BCUT2D eigenvalue weighted by Gasteiger charge is 2.12. The molecule has 0 aromatic carbocycles. The van der Waals surface area contributed by atoms with Gasteiger partial charge in [0.1, 0.15) is 0 Å². The maximum atomic E-state index is 11.3. The van der Waals surface area contributed by atoms with E-state index in [-0.39, 0.29) is 17.7 Å². The molecule has 1 aromatic rings. The lowest BCUT2D eigenvalue weighted by molar-refractivity contribution is -0.116. The molecule has 0 fully saturated rings. The van der Waals surface area contributed by atoms with Crippen LogP contribution in [0, 0.1) is 0 Å². The molecule has 0 saturated heterocycles. The van der Waals surface area contributed by atoms with Crippen LogP contribution < -0.4 is 5.32 Å². The highest BCUT2D eigenvalue weighted by atomic mass is 79.9. The Kier molecular flexibility index (Phi) is 4.97. The average Bonchev–Trinajstić information content (AvgIpc) is 2.66. The molecular formula is C9H11BrN2O4. The van der Waals surface area contributed by atoms with Gasteiger partial charge in [-0.05, 0) is 12.8 Å². The van der Waals surface area contributed by atoms with Gasteiger partial charge in [0.15, 0.2) is 0 Å². The van der Waals surface area contributed by atoms with Crippen molar-refractivity contribution in [3.63, 3.8) is 0 Å². The monoisotopic (exact) mass is 290 g/mol. The third kappa shape index (κ3) is 4.01. The van der Waals surface area contributed by atoms with E-state index in [0.29, 0.717) is 6.42 Å². The highest BCUT2D eigenvalue weighted by molar-refractivity contribution is 9.09. The number of hydrogen-bond acceptors (Lipinski definition) is 4. The predicted molar refractivity (Wildman–Crippen MR) is 59.7 cm³/mol. The second kappa shape index (κ2) is 6.26. The second-order valence-electron chi connectivity index (χ2n) is 3.03. The Hall–Kier alpha value is -1.37. The molecule has 0 aliphatic rings. The summed E-state index contributed by atoms with van der Waals surface area (Å²) in [5.41, 5.74) is 0. The first-order valence-corrected chi connectivity index (χ1v) is 5.80. The number of hydrogen-bond donors (Lipinski definition) is 2. The summed E-state index contributed by atoms with van der Waals surface area (Å²) < 4.78 is 4.77. The molecular weight excluding hydrogens is 280 g/mol. The van der Waals surface area contributed by atoms with Crippen LogP contribution in [0.15, 0.2) is 10.6 Å². The zero-order valence-corrected chi connectivity index (χ0v) is 9.99. The maximum Gasteiger partial charge on any atom is 0.373 e. The maximum absolute atomic E-state index is 11.3. The number of anilines is 1. The van der Waals surface area contributed by atoms with Gasteiger partial charge >= 0.3 is 12.0 Å². The summed E-state index contributed by atoms with van der Waals surface area (Å²) in [7, 11) is 0. The number of alkyl halides is 1. The van der Waals surface area contributed by atoms with E-state index >= 15 is 0 Å². The van der Waals surface area contributed by atoms with E-state index in [9.17, 15) is 9.59 Å². The minimum atomic E-state index is -1.22. The fourth-order valence-electron chi connectivity index (χ4n) is 0.993. The number of carboxylic acids is 1. The zero-order chi connectivity index (χ0) is 12.0. The van der Waals surface area contributed by atoms with Crippen molar-refractivity contribution in [1.82, 2.24) is 4.98 Å².